The van der Waals surface area contributed by atoms with Crippen LogP contribution in [-0.4, -0.2) is 29.3 Å². The number of hydrogen-bond acceptors (Lipinski definition) is 6. The first-order valence-electron chi connectivity index (χ1n) is 9.00. The van der Waals surface area contributed by atoms with Gasteiger partial charge in [0.05, 0.1) is 8.95 Å². The normalized spacial score (nSPS) is 11.9. The van der Waals surface area contributed by atoms with Gasteiger partial charge in [-0.3, -0.25) is 0 Å². The summed E-state index contributed by atoms with van der Waals surface area (Å²) in [4.78, 5) is 17.7. The molecule has 0 aliphatic heterocycles. The summed E-state index contributed by atoms with van der Waals surface area (Å²) >= 11 is 6.57. The van der Waals surface area contributed by atoms with Crippen molar-refractivity contribution in [3.63, 3.8) is 0 Å². The molecule has 0 unspecified atom stereocenters. The van der Waals surface area contributed by atoms with Crippen LogP contribution in [-0.2, 0) is 20.4 Å². The van der Waals surface area contributed by atoms with E-state index in [9.17, 15) is 22.5 Å². The quantitative estimate of drug-likeness (QED) is 0.288. The Bertz CT molecular complexity index is 1300. The summed E-state index contributed by atoms with van der Waals surface area (Å²) in [5.74, 6) is -0.828. The third-order valence-electron chi connectivity index (χ3n) is 4.29. The van der Waals surface area contributed by atoms with Gasteiger partial charge in [-0.05, 0) is 79.9 Å². The first-order chi connectivity index (χ1) is 15.4. The van der Waals surface area contributed by atoms with Gasteiger partial charge in [-0.2, -0.15) is 0 Å². The number of hydrogen-bond donors (Lipinski definition) is 3. The van der Waals surface area contributed by atoms with E-state index in [1.807, 2.05) is 0 Å². The summed E-state index contributed by atoms with van der Waals surface area (Å²) in [6, 6.07) is 13.2. The van der Waals surface area contributed by atoms with Crippen LogP contribution in [0.25, 0.3) is 0 Å². The van der Waals surface area contributed by atoms with Crippen LogP contribution in [0, 0.1) is 5.82 Å². The van der Waals surface area contributed by atoms with E-state index in [1.54, 1.807) is 24.3 Å². The molecule has 3 N–H and O–H groups in total. The summed E-state index contributed by atoms with van der Waals surface area (Å²) in [5, 5.41) is 10.2. The minimum Gasteiger partial charge on any atom is -0.508 e. The summed E-state index contributed by atoms with van der Waals surface area (Å²) in [6.07, 6.45) is 0.340. The lowest BCUT2D eigenvalue weighted by molar-refractivity contribution is 0.364. The molecule has 33 heavy (non-hydrogen) atoms. The number of phenols is 1. The van der Waals surface area contributed by atoms with E-state index in [1.165, 1.54) is 30.3 Å². The van der Waals surface area contributed by atoms with Crippen molar-refractivity contribution >= 4 is 48.1 Å². The average molecular weight is 626 g/mol. The van der Waals surface area contributed by atoms with Crippen LogP contribution in [0.15, 0.2) is 63.5 Å². The van der Waals surface area contributed by atoms with E-state index in [2.05, 4.69) is 31.9 Å². The number of ether oxygens (including phenoxy) is 2. The highest BCUT2D eigenvalue weighted by Gasteiger charge is 2.34. The highest BCUT2D eigenvalue weighted by atomic mass is 79.9. The zero-order chi connectivity index (χ0) is 24.4. The Labute approximate surface area is 205 Å². The van der Waals surface area contributed by atoms with Crippen LogP contribution in [0.2, 0.25) is 0 Å². The Morgan fingerprint density at radius 1 is 0.939 bits per heavy atom. The molecule has 0 aliphatic carbocycles. The zero-order valence-electron chi connectivity index (χ0n) is 16.5. The van der Waals surface area contributed by atoms with Crippen molar-refractivity contribution in [2.45, 2.75) is 6.42 Å². The molecule has 0 spiro atoms. The molecule has 0 fully saturated rings. The van der Waals surface area contributed by atoms with Gasteiger partial charge in [-0.25, -0.2) is 17.4 Å². The number of rotatable bonds is 8. The molecule has 0 saturated carbocycles. The van der Waals surface area contributed by atoms with E-state index in [4.69, 9.17) is 19.3 Å². The number of phenolic OH excluding ortho intramolecular Hbond substituents is 1. The van der Waals surface area contributed by atoms with E-state index < -0.39 is 22.2 Å². The van der Waals surface area contributed by atoms with Crippen molar-refractivity contribution in [2.75, 3.05) is 5.94 Å². The van der Waals surface area contributed by atoms with Gasteiger partial charge in [-0.1, -0.05) is 12.1 Å². The van der Waals surface area contributed by atoms with Gasteiger partial charge in [0.1, 0.15) is 23.1 Å². The smallest absolute Gasteiger partial charge is 0.443 e. The van der Waals surface area contributed by atoms with Gasteiger partial charge in [0.2, 0.25) is 5.94 Å². The molecule has 3 rings (SSSR count). The molecule has 0 aliphatic rings. The maximum Gasteiger partial charge on any atom is 0.443 e. The lowest BCUT2D eigenvalue weighted by Crippen LogP contribution is -2.12. The van der Waals surface area contributed by atoms with Crippen LogP contribution in [0.4, 0.5) is 4.39 Å². The van der Waals surface area contributed by atoms with Gasteiger partial charge in [0, 0.05) is 12.0 Å². The molecule has 8 nitrogen and oxygen atoms in total. The third-order valence-corrected chi connectivity index (χ3v) is 9.10. The topological polar surface area (TPSA) is 130 Å². The van der Waals surface area contributed by atoms with Crippen LogP contribution >= 0.6 is 38.7 Å². The van der Waals surface area contributed by atoms with Crippen molar-refractivity contribution in [2.24, 2.45) is 0 Å². The SMILES string of the molecule is O=P(O)(O)S(=O)(=O)COc1cc(Br)c(Oc2ccc(O)c(Cc3ccc(F)cc3)c2)c(Br)c1. The number of halogens is 3. The van der Waals surface area contributed by atoms with Gasteiger partial charge >= 0.3 is 6.80 Å². The molecule has 0 amide bonds. The fourth-order valence-electron chi connectivity index (χ4n) is 2.64. The number of benzene rings is 3. The summed E-state index contributed by atoms with van der Waals surface area (Å²) in [6.45, 7) is -5.36. The first-order valence-corrected chi connectivity index (χ1v) is 14.5. The molecule has 0 atom stereocenters. The molecular weight excluding hydrogens is 610 g/mol. The Morgan fingerprint density at radius 3 is 2.12 bits per heavy atom. The molecule has 0 radical (unpaired) electrons. The van der Waals surface area contributed by atoms with Crippen LogP contribution in [0.5, 0.6) is 23.0 Å². The molecule has 0 heterocycles. The third kappa shape index (κ3) is 6.56. The summed E-state index contributed by atoms with van der Waals surface area (Å²) < 4.78 is 58.8. The van der Waals surface area contributed by atoms with E-state index in [0.717, 1.165) is 5.56 Å². The molecule has 0 saturated heterocycles. The van der Waals surface area contributed by atoms with Crippen LogP contribution < -0.4 is 9.47 Å². The van der Waals surface area contributed by atoms with Crippen LogP contribution in [0.3, 0.4) is 0 Å². The average Bonchev–Trinajstić information content (AvgIpc) is 2.72. The lowest BCUT2D eigenvalue weighted by Gasteiger charge is -2.14. The van der Waals surface area contributed by atoms with Crippen LogP contribution in [0.1, 0.15) is 11.1 Å². The van der Waals surface area contributed by atoms with E-state index in [0.29, 0.717) is 32.4 Å². The molecule has 0 bridgehead atoms. The molecule has 0 aromatic heterocycles. The number of aromatic hydroxyl groups is 1. The van der Waals surface area contributed by atoms with Crippen molar-refractivity contribution in [1.82, 2.24) is 0 Å². The predicted molar refractivity (Wildman–Crippen MR) is 126 cm³/mol. The van der Waals surface area contributed by atoms with Gasteiger partial charge in [0.25, 0.3) is 9.46 Å². The molecule has 176 valence electrons. The zero-order valence-corrected chi connectivity index (χ0v) is 21.4. The standard InChI is InChI=1S/C20H16Br2FO8PS/c21-17-9-16(30-11-33(28,29)32(25,26)27)10-18(22)20(17)31-15-5-6-19(24)13(8-15)7-12-1-3-14(23)4-2-12/h1-6,8-10,24H,7,11H2,(H2,25,26,27). The van der Waals surface area contributed by atoms with Crippen molar-refractivity contribution < 1.29 is 41.7 Å². The Kier molecular flexibility index (Phi) is 7.87. The fourth-order valence-corrected chi connectivity index (χ4v) is 4.93. The van der Waals surface area contributed by atoms with Gasteiger partial charge in [0.15, 0.2) is 5.75 Å². The molecule has 3 aromatic carbocycles. The van der Waals surface area contributed by atoms with Crippen molar-refractivity contribution in [3.05, 3.63) is 80.5 Å². The second-order valence-electron chi connectivity index (χ2n) is 6.75. The van der Waals surface area contributed by atoms with Gasteiger partial charge in [-0.15, -0.1) is 0 Å². The second kappa shape index (κ2) is 10.1. The highest BCUT2D eigenvalue weighted by Crippen LogP contribution is 2.44. The fraction of sp³-hybridized carbons (Fsp3) is 0.100. The Morgan fingerprint density at radius 2 is 1.55 bits per heavy atom. The highest BCUT2D eigenvalue weighted by molar-refractivity contribution is 9.11. The second-order valence-corrected chi connectivity index (χ2v) is 13.9. The van der Waals surface area contributed by atoms with Crippen molar-refractivity contribution in [1.29, 1.82) is 0 Å². The molecule has 13 heteroatoms. The maximum atomic E-state index is 13.1. The monoisotopic (exact) mass is 624 g/mol. The van der Waals surface area contributed by atoms with Gasteiger partial charge < -0.3 is 24.4 Å². The largest absolute Gasteiger partial charge is 0.508 e. The van der Waals surface area contributed by atoms with E-state index in [-0.39, 0.29) is 17.3 Å². The molecular formula is C20H16Br2FO8PS. The summed E-state index contributed by atoms with van der Waals surface area (Å²) in [5.41, 5.74) is 1.34. The minimum atomic E-state index is -5.36. The predicted octanol–water partition coefficient (Wildman–Crippen LogP) is 5.28. The maximum absolute atomic E-state index is 13.1. The van der Waals surface area contributed by atoms with E-state index >= 15 is 0 Å². The summed E-state index contributed by atoms with van der Waals surface area (Å²) in [7, 11) is -4.78. The first kappa shape index (κ1) is 25.7. The Balaban J connectivity index is 1.79. The molecule has 3 aromatic rings. The van der Waals surface area contributed by atoms with Crippen molar-refractivity contribution in [3.8, 4) is 23.0 Å². The Hall–Kier alpha value is -1.95. The minimum absolute atomic E-state index is 0.0147. The lowest BCUT2D eigenvalue weighted by atomic mass is 10.0.